The molecule has 1 aliphatic heterocycles. The third-order valence-electron chi connectivity index (χ3n) is 1.69. The molecular weight excluding hydrogens is 202 g/mol. The summed E-state index contributed by atoms with van der Waals surface area (Å²) in [5, 5.41) is 4.80. The van der Waals surface area contributed by atoms with Gasteiger partial charge in [0.15, 0.2) is 9.84 Å². The van der Waals surface area contributed by atoms with E-state index in [0.29, 0.717) is 0 Å². The van der Waals surface area contributed by atoms with Gasteiger partial charge in [-0.25, -0.2) is 22.0 Å². The molecule has 0 aromatic carbocycles. The second-order valence-corrected chi connectivity index (χ2v) is 7.33. The molecule has 0 saturated carbocycles. The van der Waals surface area contributed by atoms with E-state index < -0.39 is 25.3 Å². The van der Waals surface area contributed by atoms with Crippen LogP contribution in [0.5, 0.6) is 0 Å². The number of nitrogens with two attached hydrogens (primary N) is 1. The lowest BCUT2D eigenvalue weighted by Crippen LogP contribution is -2.51. The molecular formula is C5H11NO4S2. The molecule has 0 aliphatic carbocycles. The molecule has 0 aromatic heterocycles. The number of rotatable bonds is 2. The SMILES string of the molecule is CC1(CS(N)(=O)=O)CS(=O)(=O)C1. The van der Waals surface area contributed by atoms with Crippen molar-refractivity contribution < 1.29 is 16.8 Å². The van der Waals surface area contributed by atoms with Gasteiger partial charge in [0.25, 0.3) is 0 Å². The van der Waals surface area contributed by atoms with Gasteiger partial charge < -0.3 is 0 Å². The maximum Gasteiger partial charge on any atom is 0.209 e. The first kappa shape index (κ1) is 9.94. The Kier molecular flexibility index (Phi) is 2.01. The van der Waals surface area contributed by atoms with Crippen molar-refractivity contribution >= 4 is 19.9 Å². The molecule has 2 N–H and O–H groups in total. The van der Waals surface area contributed by atoms with Gasteiger partial charge in [0, 0.05) is 5.41 Å². The highest BCUT2D eigenvalue weighted by atomic mass is 32.2. The fraction of sp³-hybridized carbons (Fsp3) is 1.00. The van der Waals surface area contributed by atoms with Gasteiger partial charge in [0.1, 0.15) is 0 Å². The summed E-state index contributed by atoms with van der Waals surface area (Å²) in [5.74, 6) is -0.397. The Morgan fingerprint density at radius 1 is 1.42 bits per heavy atom. The van der Waals surface area contributed by atoms with Gasteiger partial charge in [-0.3, -0.25) is 0 Å². The maximum absolute atomic E-state index is 10.8. The van der Waals surface area contributed by atoms with Gasteiger partial charge in [-0.15, -0.1) is 0 Å². The minimum absolute atomic E-state index is 0.0730. The number of hydrogen-bond donors (Lipinski definition) is 1. The molecule has 5 nitrogen and oxygen atoms in total. The van der Waals surface area contributed by atoms with Crippen molar-refractivity contribution in [2.75, 3.05) is 17.3 Å². The zero-order chi connectivity index (χ0) is 9.62. The lowest BCUT2D eigenvalue weighted by Gasteiger charge is -2.36. The van der Waals surface area contributed by atoms with Crippen LogP contribution in [0.3, 0.4) is 0 Å². The van der Waals surface area contributed by atoms with Crippen molar-refractivity contribution in [1.29, 1.82) is 0 Å². The van der Waals surface area contributed by atoms with Crippen LogP contribution in [0.1, 0.15) is 6.92 Å². The zero-order valence-electron chi connectivity index (χ0n) is 6.65. The molecule has 7 heteroatoms. The second kappa shape index (κ2) is 2.43. The quantitative estimate of drug-likeness (QED) is 0.617. The van der Waals surface area contributed by atoms with Crippen LogP contribution in [0.2, 0.25) is 0 Å². The van der Waals surface area contributed by atoms with Gasteiger partial charge in [-0.05, 0) is 0 Å². The molecule has 0 radical (unpaired) electrons. The van der Waals surface area contributed by atoms with Crippen molar-refractivity contribution in [1.82, 2.24) is 0 Å². The summed E-state index contributed by atoms with van der Waals surface area (Å²) in [6.07, 6.45) is 0. The van der Waals surface area contributed by atoms with Crippen LogP contribution >= 0.6 is 0 Å². The smallest absolute Gasteiger partial charge is 0.209 e. The topological polar surface area (TPSA) is 94.3 Å². The molecule has 0 aromatic rings. The van der Waals surface area contributed by atoms with Crippen LogP contribution in [0, 0.1) is 5.41 Å². The largest absolute Gasteiger partial charge is 0.229 e. The van der Waals surface area contributed by atoms with Crippen LogP contribution in [0.4, 0.5) is 0 Å². The summed E-state index contributed by atoms with van der Waals surface area (Å²) >= 11 is 0. The molecule has 12 heavy (non-hydrogen) atoms. The molecule has 0 atom stereocenters. The van der Waals surface area contributed by atoms with Crippen LogP contribution in [0.25, 0.3) is 0 Å². The summed E-state index contributed by atoms with van der Waals surface area (Å²) < 4.78 is 42.8. The predicted molar refractivity (Wildman–Crippen MR) is 44.7 cm³/mol. The van der Waals surface area contributed by atoms with Gasteiger partial charge in [-0.2, -0.15) is 0 Å². The Morgan fingerprint density at radius 3 is 2.08 bits per heavy atom. The fourth-order valence-electron chi connectivity index (χ4n) is 1.59. The van der Waals surface area contributed by atoms with Gasteiger partial charge >= 0.3 is 0 Å². The Hall–Kier alpha value is -0.140. The Morgan fingerprint density at radius 2 is 1.83 bits per heavy atom. The first-order valence-corrected chi connectivity index (χ1v) is 6.87. The van der Waals surface area contributed by atoms with E-state index in [1.807, 2.05) is 0 Å². The fourth-order valence-corrected chi connectivity index (χ4v) is 5.27. The summed E-state index contributed by atoms with van der Waals surface area (Å²) in [5.41, 5.74) is -0.660. The monoisotopic (exact) mass is 213 g/mol. The molecule has 0 bridgehead atoms. The van der Waals surface area contributed by atoms with Gasteiger partial charge in [0.05, 0.1) is 17.3 Å². The number of primary sulfonamides is 1. The highest BCUT2D eigenvalue weighted by molar-refractivity contribution is 7.93. The Bertz CT molecular complexity index is 368. The van der Waals surface area contributed by atoms with E-state index in [4.69, 9.17) is 5.14 Å². The molecule has 0 amide bonds. The predicted octanol–water partition coefficient (Wildman–Crippen LogP) is -1.29. The average Bonchev–Trinajstić information content (AvgIpc) is 1.48. The molecule has 0 spiro atoms. The molecule has 72 valence electrons. The van der Waals surface area contributed by atoms with Gasteiger partial charge in [0.2, 0.25) is 10.0 Å². The first-order chi connectivity index (χ1) is 5.12. The van der Waals surface area contributed by atoms with Gasteiger partial charge in [-0.1, -0.05) is 6.92 Å². The van der Waals surface area contributed by atoms with Crippen LogP contribution < -0.4 is 5.14 Å². The van der Waals surface area contributed by atoms with Crippen molar-refractivity contribution in [3.8, 4) is 0 Å². The maximum atomic E-state index is 10.8. The molecule has 1 heterocycles. The Balaban J connectivity index is 2.70. The van der Waals surface area contributed by atoms with E-state index in [0.717, 1.165) is 0 Å². The summed E-state index contributed by atoms with van der Waals surface area (Å²) in [6.45, 7) is 1.61. The second-order valence-electron chi connectivity index (χ2n) is 3.65. The average molecular weight is 213 g/mol. The highest BCUT2D eigenvalue weighted by Gasteiger charge is 2.46. The molecule has 0 unspecified atom stereocenters. The summed E-state index contributed by atoms with van der Waals surface area (Å²) in [7, 11) is -6.54. The number of sulfone groups is 1. The Labute approximate surface area is 71.9 Å². The third kappa shape index (κ3) is 2.43. The van der Waals surface area contributed by atoms with E-state index in [-0.39, 0.29) is 17.3 Å². The summed E-state index contributed by atoms with van der Waals surface area (Å²) in [4.78, 5) is 0. The third-order valence-corrected chi connectivity index (χ3v) is 5.06. The lowest BCUT2D eigenvalue weighted by molar-refractivity contribution is 0.410. The van der Waals surface area contributed by atoms with Crippen molar-refractivity contribution in [2.45, 2.75) is 6.92 Å². The molecule has 1 saturated heterocycles. The van der Waals surface area contributed by atoms with Crippen molar-refractivity contribution in [3.63, 3.8) is 0 Å². The summed E-state index contributed by atoms with van der Waals surface area (Å²) in [6, 6.07) is 0. The number of hydrogen-bond acceptors (Lipinski definition) is 4. The molecule has 1 rings (SSSR count). The minimum Gasteiger partial charge on any atom is -0.229 e. The zero-order valence-corrected chi connectivity index (χ0v) is 8.28. The van der Waals surface area contributed by atoms with E-state index in [9.17, 15) is 16.8 Å². The van der Waals surface area contributed by atoms with E-state index >= 15 is 0 Å². The first-order valence-electron chi connectivity index (χ1n) is 3.33. The van der Waals surface area contributed by atoms with Crippen LogP contribution in [-0.4, -0.2) is 34.1 Å². The van der Waals surface area contributed by atoms with E-state index in [1.165, 1.54) is 0 Å². The van der Waals surface area contributed by atoms with Crippen LogP contribution in [-0.2, 0) is 19.9 Å². The lowest BCUT2D eigenvalue weighted by atomic mass is 9.98. The molecule has 1 fully saturated rings. The minimum atomic E-state index is -3.56. The number of sulfonamides is 1. The van der Waals surface area contributed by atoms with Crippen molar-refractivity contribution in [2.24, 2.45) is 10.6 Å². The standard InChI is InChI=1S/C5H11NO4S2/c1-5(4-12(6,9)10)2-11(7,8)3-5/h2-4H2,1H3,(H2,6,9,10). The normalized spacial score (nSPS) is 26.2. The van der Waals surface area contributed by atoms with E-state index in [1.54, 1.807) is 6.92 Å². The van der Waals surface area contributed by atoms with E-state index in [2.05, 4.69) is 0 Å². The highest BCUT2D eigenvalue weighted by Crippen LogP contribution is 2.32. The van der Waals surface area contributed by atoms with Crippen molar-refractivity contribution in [3.05, 3.63) is 0 Å². The molecule has 1 aliphatic rings. The van der Waals surface area contributed by atoms with Crippen LogP contribution in [0.15, 0.2) is 0 Å².